The Morgan fingerprint density at radius 2 is 2.33 bits per heavy atom. The zero-order chi connectivity index (χ0) is 13.1. The Kier molecular flexibility index (Phi) is 3.63. The van der Waals surface area contributed by atoms with E-state index in [1.807, 2.05) is 0 Å². The monoisotopic (exact) mass is 285 g/mol. The van der Waals surface area contributed by atoms with Gasteiger partial charge in [-0.3, -0.25) is 4.79 Å². The van der Waals surface area contributed by atoms with E-state index in [2.05, 4.69) is 15.3 Å². The third kappa shape index (κ3) is 3.08. The molecule has 0 bridgehead atoms. The lowest BCUT2D eigenvalue weighted by Gasteiger charge is -2.05. The summed E-state index contributed by atoms with van der Waals surface area (Å²) in [5.41, 5.74) is 0.750. The number of carboxylic acid groups (broad SMARTS) is 1. The number of carboxylic acids is 1. The average molecular weight is 286 g/mol. The number of hydrogen-bond donors (Lipinski definition) is 3. The zero-order valence-corrected chi connectivity index (χ0v) is 10.5. The largest absolute Gasteiger partial charge is 0.478 e. The quantitative estimate of drug-likeness (QED) is 0.745. The van der Waals surface area contributed by atoms with E-state index >= 15 is 0 Å². The van der Waals surface area contributed by atoms with Gasteiger partial charge in [0.1, 0.15) is 11.0 Å². The highest BCUT2D eigenvalue weighted by Gasteiger charge is 2.07. The molecule has 94 valence electrons. The van der Waals surface area contributed by atoms with Crippen LogP contribution in [0, 0.1) is 0 Å². The molecule has 0 unspecified atom stereocenters. The molecule has 0 aliphatic carbocycles. The first kappa shape index (κ1) is 12.6. The van der Waals surface area contributed by atoms with E-state index in [1.54, 1.807) is 5.38 Å². The van der Waals surface area contributed by atoms with Crippen LogP contribution in [-0.2, 0) is 6.54 Å². The van der Waals surface area contributed by atoms with E-state index in [0.29, 0.717) is 18.1 Å². The number of nitrogens with zero attached hydrogens (tertiary/aromatic N) is 1. The fourth-order valence-electron chi connectivity index (χ4n) is 1.30. The van der Waals surface area contributed by atoms with E-state index in [-0.39, 0.29) is 15.6 Å². The fourth-order valence-corrected chi connectivity index (χ4v) is 2.09. The predicted octanol–water partition coefficient (Wildman–Crippen LogP) is 1.80. The van der Waals surface area contributed by atoms with E-state index in [0.717, 1.165) is 11.3 Å². The molecule has 0 aliphatic rings. The highest BCUT2D eigenvalue weighted by molar-refractivity contribution is 7.07. The summed E-state index contributed by atoms with van der Waals surface area (Å²) >= 11 is 6.77. The molecule has 18 heavy (non-hydrogen) atoms. The maximum absolute atomic E-state index is 10.9. The van der Waals surface area contributed by atoms with Crippen molar-refractivity contribution in [1.82, 2.24) is 9.97 Å². The van der Waals surface area contributed by atoms with Gasteiger partial charge in [0, 0.05) is 11.1 Å². The second kappa shape index (κ2) is 5.19. The summed E-state index contributed by atoms with van der Waals surface area (Å²) in [5, 5.41) is 13.5. The van der Waals surface area contributed by atoms with Gasteiger partial charge in [-0.25, -0.2) is 9.78 Å². The van der Waals surface area contributed by atoms with Crippen LogP contribution in [0.15, 0.2) is 22.3 Å². The summed E-state index contributed by atoms with van der Waals surface area (Å²) < 4.78 is 0. The molecule has 0 atom stereocenters. The Balaban J connectivity index is 2.14. The Labute approximate surface area is 110 Å². The van der Waals surface area contributed by atoms with Gasteiger partial charge < -0.3 is 15.4 Å². The molecule has 0 saturated carbocycles. The number of aromatic carboxylic acids is 1. The molecule has 6 nitrogen and oxygen atoms in total. The molecule has 0 aromatic carbocycles. The number of pyridine rings is 1. The van der Waals surface area contributed by atoms with Crippen LogP contribution in [0.25, 0.3) is 0 Å². The van der Waals surface area contributed by atoms with E-state index in [9.17, 15) is 9.59 Å². The Morgan fingerprint density at radius 3 is 2.94 bits per heavy atom. The molecule has 2 aromatic heterocycles. The van der Waals surface area contributed by atoms with Crippen LogP contribution < -0.4 is 10.2 Å². The lowest BCUT2D eigenvalue weighted by atomic mass is 10.2. The number of anilines is 1. The van der Waals surface area contributed by atoms with Crippen molar-refractivity contribution in [3.63, 3.8) is 0 Å². The van der Waals surface area contributed by atoms with Crippen LogP contribution in [-0.4, -0.2) is 21.0 Å². The molecular formula is C10H8ClN3O3S. The number of aromatic nitrogens is 2. The smallest absolute Gasteiger partial charge is 0.335 e. The van der Waals surface area contributed by atoms with Crippen LogP contribution in [0.2, 0.25) is 5.15 Å². The molecule has 0 saturated heterocycles. The Morgan fingerprint density at radius 1 is 1.56 bits per heavy atom. The second-order valence-corrected chi connectivity index (χ2v) is 4.63. The van der Waals surface area contributed by atoms with Crippen molar-refractivity contribution < 1.29 is 9.90 Å². The molecule has 0 spiro atoms. The molecule has 0 aliphatic heterocycles. The molecule has 8 heteroatoms. The molecule has 0 amide bonds. The van der Waals surface area contributed by atoms with Gasteiger partial charge in [-0.1, -0.05) is 22.9 Å². The molecule has 2 heterocycles. The summed E-state index contributed by atoms with van der Waals surface area (Å²) in [4.78, 5) is 28.2. The van der Waals surface area contributed by atoms with E-state index in [4.69, 9.17) is 16.7 Å². The fraction of sp³-hybridized carbons (Fsp3) is 0.100. The van der Waals surface area contributed by atoms with Crippen LogP contribution in [0.3, 0.4) is 0 Å². The number of H-pyrrole nitrogens is 1. The normalized spacial score (nSPS) is 10.3. The minimum Gasteiger partial charge on any atom is -0.478 e. The van der Waals surface area contributed by atoms with Gasteiger partial charge in [-0.15, -0.1) is 0 Å². The first-order valence-corrected chi connectivity index (χ1v) is 6.12. The summed E-state index contributed by atoms with van der Waals surface area (Å²) in [6.07, 6.45) is 0. The van der Waals surface area contributed by atoms with E-state index in [1.165, 1.54) is 12.1 Å². The van der Waals surface area contributed by atoms with Crippen molar-refractivity contribution >= 4 is 34.7 Å². The topological polar surface area (TPSA) is 95.1 Å². The molecular weight excluding hydrogens is 278 g/mol. The van der Waals surface area contributed by atoms with Crippen molar-refractivity contribution in [1.29, 1.82) is 0 Å². The first-order valence-electron chi connectivity index (χ1n) is 4.86. The van der Waals surface area contributed by atoms with Crippen molar-refractivity contribution in [3.8, 4) is 0 Å². The third-order valence-electron chi connectivity index (χ3n) is 2.07. The lowest BCUT2D eigenvalue weighted by molar-refractivity contribution is 0.0697. The minimum atomic E-state index is -1.08. The van der Waals surface area contributed by atoms with Crippen LogP contribution in [0.5, 0.6) is 0 Å². The number of thiazole rings is 1. The predicted molar refractivity (Wildman–Crippen MR) is 68.5 cm³/mol. The molecule has 2 aromatic rings. The molecule has 0 radical (unpaired) electrons. The van der Waals surface area contributed by atoms with Crippen LogP contribution in [0.4, 0.5) is 5.82 Å². The molecule has 3 N–H and O–H groups in total. The summed E-state index contributed by atoms with van der Waals surface area (Å²) in [7, 11) is 0. The Hall–Kier alpha value is -1.86. The maximum Gasteiger partial charge on any atom is 0.335 e. The van der Waals surface area contributed by atoms with Gasteiger partial charge in [0.05, 0.1) is 12.1 Å². The molecule has 0 fully saturated rings. The SMILES string of the molecule is O=C(O)c1cc(Cl)nc(NCc2csc(=O)[nH]2)c1. The standard InChI is InChI=1S/C10H8ClN3O3S/c11-7-1-5(9(15)16)2-8(14-7)12-3-6-4-18-10(17)13-6/h1-2,4H,3H2,(H,12,14)(H,13,17)(H,15,16). The Bertz CT molecular complexity index is 637. The third-order valence-corrected chi connectivity index (χ3v) is 2.98. The number of nitrogens with one attached hydrogen (secondary N) is 2. The average Bonchev–Trinajstić information content (AvgIpc) is 2.72. The van der Waals surface area contributed by atoms with Gasteiger partial charge in [0.2, 0.25) is 0 Å². The van der Waals surface area contributed by atoms with Crippen LogP contribution >= 0.6 is 22.9 Å². The van der Waals surface area contributed by atoms with Crippen molar-refractivity contribution in [2.45, 2.75) is 6.54 Å². The van der Waals surface area contributed by atoms with E-state index < -0.39 is 5.97 Å². The van der Waals surface area contributed by atoms with Gasteiger partial charge >= 0.3 is 10.8 Å². The van der Waals surface area contributed by atoms with Gasteiger partial charge in [-0.2, -0.15) is 0 Å². The second-order valence-electron chi connectivity index (χ2n) is 3.40. The van der Waals surface area contributed by atoms with Gasteiger partial charge in [0.15, 0.2) is 0 Å². The lowest BCUT2D eigenvalue weighted by Crippen LogP contribution is -2.06. The van der Waals surface area contributed by atoms with Crippen molar-refractivity contribution in [3.05, 3.63) is 43.6 Å². The maximum atomic E-state index is 10.9. The summed E-state index contributed by atoms with van der Waals surface area (Å²) in [5.74, 6) is -0.738. The number of carbonyl (C=O) groups is 1. The van der Waals surface area contributed by atoms with Crippen molar-refractivity contribution in [2.75, 3.05) is 5.32 Å². The summed E-state index contributed by atoms with van der Waals surface area (Å²) in [6, 6.07) is 2.64. The van der Waals surface area contributed by atoms with Crippen LogP contribution in [0.1, 0.15) is 16.1 Å². The number of aromatic amines is 1. The zero-order valence-electron chi connectivity index (χ0n) is 8.94. The highest BCUT2D eigenvalue weighted by atomic mass is 35.5. The highest BCUT2D eigenvalue weighted by Crippen LogP contribution is 2.15. The van der Waals surface area contributed by atoms with Gasteiger partial charge in [0.25, 0.3) is 0 Å². The summed E-state index contributed by atoms with van der Waals surface area (Å²) in [6.45, 7) is 0.338. The number of halogens is 1. The first-order chi connectivity index (χ1) is 8.54. The number of hydrogen-bond acceptors (Lipinski definition) is 5. The van der Waals surface area contributed by atoms with Crippen molar-refractivity contribution in [2.24, 2.45) is 0 Å². The number of rotatable bonds is 4. The molecule has 2 rings (SSSR count). The van der Waals surface area contributed by atoms with Gasteiger partial charge in [-0.05, 0) is 12.1 Å². The minimum absolute atomic E-state index is 0.0521.